The highest BCUT2D eigenvalue weighted by molar-refractivity contribution is 7.26. The van der Waals surface area contributed by atoms with Gasteiger partial charge in [0.1, 0.15) is 5.82 Å². The minimum Gasteiger partial charge on any atom is -0.291 e. The summed E-state index contributed by atoms with van der Waals surface area (Å²) in [6.45, 7) is 2.22. The average molecular weight is 541 g/mol. The zero-order chi connectivity index (χ0) is 27.1. The Morgan fingerprint density at radius 1 is 0.512 bits per heavy atom. The molecular weight excluding hydrogens is 516 g/mol. The van der Waals surface area contributed by atoms with Crippen LogP contribution in [0.25, 0.3) is 80.4 Å². The molecule has 9 aromatic rings. The van der Waals surface area contributed by atoms with Gasteiger partial charge in [0, 0.05) is 36.5 Å². The van der Waals surface area contributed by atoms with Gasteiger partial charge in [-0.15, -0.1) is 11.3 Å². The Kier molecular flexibility index (Phi) is 4.73. The van der Waals surface area contributed by atoms with Gasteiger partial charge < -0.3 is 0 Å². The second-order valence-corrected chi connectivity index (χ2v) is 11.8. The summed E-state index contributed by atoms with van der Waals surface area (Å²) >= 11 is 1.87. The Hall–Kier alpha value is -4.99. The number of fused-ring (bicyclic) bond motifs is 10. The number of rotatable bonds is 1. The second kappa shape index (κ2) is 8.50. The van der Waals surface area contributed by atoms with Crippen LogP contribution in [0.2, 0.25) is 0 Å². The molecule has 0 N–H and O–H groups in total. The first kappa shape index (κ1) is 22.8. The summed E-state index contributed by atoms with van der Waals surface area (Å²) in [5.74, 6) is 0.992. The quantitative estimate of drug-likeness (QED) is 0.202. The van der Waals surface area contributed by atoms with Crippen molar-refractivity contribution in [3.05, 3.63) is 133 Å². The maximum Gasteiger partial charge on any atom is 0.147 e. The predicted molar refractivity (Wildman–Crippen MR) is 177 cm³/mol. The van der Waals surface area contributed by atoms with E-state index in [4.69, 9.17) is 4.98 Å². The highest BCUT2D eigenvalue weighted by atomic mass is 32.1. The number of aromatic nitrogens is 2. The molecule has 0 bridgehead atoms. The smallest absolute Gasteiger partial charge is 0.147 e. The molecule has 192 valence electrons. The van der Waals surface area contributed by atoms with E-state index >= 15 is 0 Å². The van der Waals surface area contributed by atoms with Gasteiger partial charge in [-0.3, -0.25) is 4.40 Å². The normalized spacial score (nSPS) is 12.0. The molecule has 3 heteroatoms. The van der Waals surface area contributed by atoms with Gasteiger partial charge >= 0.3 is 0 Å². The molecule has 3 heterocycles. The van der Waals surface area contributed by atoms with Crippen molar-refractivity contribution in [2.45, 2.75) is 6.92 Å². The van der Waals surface area contributed by atoms with Crippen LogP contribution in [0, 0.1) is 6.92 Å². The monoisotopic (exact) mass is 540 g/mol. The van der Waals surface area contributed by atoms with E-state index in [1.165, 1.54) is 63.6 Å². The predicted octanol–water partition coefficient (Wildman–Crippen LogP) is 10.9. The SMILES string of the molecule is Cc1ccc2c(sc3ccccc32)c1-c1nc2cccc3c4ccccc4c4ccccc4c4ccccc4n1c23. The van der Waals surface area contributed by atoms with E-state index in [2.05, 4.69) is 139 Å². The molecule has 0 unspecified atom stereocenters. The van der Waals surface area contributed by atoms with Crippen LogP contribution in [-0.2, 0) is 0 Å². The van der Waals surface area contributed by atoms with Crippen LogP contribution in [-0.4, -0.2) is 9.38 Å². The van der Waals surface area contributed by atoms with E-state index in [0.29, 0.717) is 0 Å². The zero-order valence-electron chi connectivity index (χ0n) is 22.4. The Morgan fingerprint density at radius 2 is 1.10 bits per heavy atom. The van der Waals surface area contributed by atoms with Gasteiger partial charge in [0.2, 0.25) is 0 Å². The first-order valence-corrected chi connectivity index (χ1v) is 14.8. The summed E-state index contributed by atoms with van der Waals surface area (Å²) in [7, 11) is 0. The van der Waals surface area contributed by atoms with Crippen molar-refractivity contribution in [2.24, 2.45) is 0 Å². The largest absolute Gasteiger partial charge is 0.291 e. The van der Waals surface area contributed by atoms with Crippen molar-refractivity contribution < 1.29 is 0 Å². The van der Waals surface area contributed by atoms with Gasteiger partial charge in [0.25, 0.3) is 0 Å². The number of hydrogen-bond donors (Lipinski definition) is 0. The lowest BCUT2D eigenvalue weighted by Crippen LogP contribution is -1.93. The van der Waals surface area contributed by atoms with Crippen molar-refractivity contribution >= 4 is 80.4 Å². The first-order chi connectivity index (χ1) is 20.3. The van der Waals surface area contributed by atoms with Crippen molar-refractivity contribution in [3.63, 3.8) is 0 Å². The van der Waals surface area contributed by atoms with Crippen LogP contribution < -0.4 is 0 Å². The summed E-state index contributed by atoms with van der Waals surface area (Å²) in [5, 5.41) is 9.94. The minimum absolute atomic E-state index is 0.992. The first-order valence-electron chi connectivity index (χ1n) is 14.0. The van der Waals surface area contributed by atoms with Gasteiger partial charge in [-0.05, 0) is 52.2 Å². The van der Waals surface area contributed by atoms with Crippen LogP contribution in [0.4, 0.5) is 0 Å². The van der Waals surface area contributed by atoms with Crippen LogP contribution >= 0.6 is 11.3 Å². The highest BCUT2D eigenvalue weighted by Gasteiger charge is 2.20. The average Bonchev–Trinajstić information content (AvgIpc) is 3.60. The zero-order valence-corrected chi connectivity index (χ0v) is 23.2. The van der Waals surface area contributed by atoms with Crippen LogP contribution in [0.5, 0.6) is 0 Å². The third-order valence-electron chi connectivity index (χ3n) is 8.52. The highest BCUT2D eigenvalue weighted by Crippen LogP contribution is 2.43. The Bertz CT molecular complexity index is 2550. The van der Waals surface area contributed by atoms with Crippen LogP contribution in [0.15, 0.2) is 127 Å². The summed E-state index contributed by atoms with van der Waals surface area (Å²) < 4.78 is 5.03. The van der Waals surface area contributed by atoms with Crippen LogP contribution in [0.1, 0.15) is 5.56 Å². The number of para-hydroxylation sites is 2. The van der Waals surface area contributed by atoms with E-state index in [-0.39, 0.29) is 0 Å². The molecule has 0 spiro atoms. The summed E-state index contributed by atoms with van der Waals surface area (Å²) in [6, 6.07) is 46.3. The van der Waals surface area contributed by atoms with Gasteiger partial charge in [0.05, 0.1) is 16.6 Å². The van der Waals surface area contributed by atoms with Gasteiger partial charge in [-0.25, -0.2) is 4.98 Å². The lowest BCUT2D eigenvalue weighted by molar-refractivity contribution is 1.22. The third kappa shape index (κ3) is 3.15. The molecule has 0 radical (unpaired) electrons. The van der Waals surface area contributed by atoms with Crippen molar-refractivity contribution in [1.82, 2.24) is 9.38 Å². The van der Waals surface area contributed by atoms with E-state index in [9.17, 15) is 0 Å². The fourth-order valence-corrected chi connectivity index (χ4v) is 8.01. The molecule has 41 heavy (non-hydrogen) atoms. The Balaban J connectivity index is 1.63. The molecule has 0 aliphatic rings. The molecule has 0 fully saturated rings. The maximum absolute atomic E-state index is 5.45. The fourth-order valence-electron chi connectivity index (χ4n) is 6.71. The molecule has 0 aliphatic heterocycles. The van der Waals surface area contributed by atoms with E-state index in [0.717, 1.165) is 22.4 Å². The molecule has 3 aromatic heterocycles. The molecule has 0 amide bonds. The Morgan fingerprint density at radius 3 is 1.85 bits per heavy atom. The molecule has 0 atom stereocenters. The van der Waals surface area contributed by atoms with Crippen molar-refractivity contribution in [2.75, 3.05) is 0 Å². The molecule has 0 saturated heterocycles. The lowest BCUT2D eigenvalue weighted by Gasteiger charge is -2.09. The van der Waals surface area contributed by atoms with Gasteiger partial charge in [-0.1, -0.05) is 109 Å². The number of aryl methyl sites for hydroxylation is 1. The molecule has 2 nitrogen and oxygen atoms in total. The topological polar surface area (TPSA) is 17.3 Å². The third-order valence-corrected chi connectivity index (χ3v) is 9.73. The van der Waals surface area contributed by atoms with Crippen molar-refractivity contribution in [1.29, 1.82) is 0 Å². The van der Waals surface area contributed by atoms with Gasteiger partial charge in [-0.2, -0.15) is 0 Å². The van der Waals surface area contributed by atoms with Gasteiger partial charge in [0.15, 0.2) is 0 Å². The molecular formula is C38H24N2S. The number of benzene rings is 6. The summed E-state index contributed by atoms with van der Waals surface area (Å²) in [4.78, 5) is 5.45. The molecule has 0 aliphatic carbocycles. The summed E-state index contributed by atoms with van der Waals surface area (Å²) in [5.41, 5.74) is 5.74. The lowest BCUT2D eigenvalue weighted by atomic mass is 10.0. The number of hydrogen-bond acceptors (Lipinski definition) is 2. The van der Waals surface area contributed by atoms with Crippen molar-refractivity contribution in [3.8, 4) is 11.4 Å². The molecule has 9 rings (SSSR count). The standard InChI is InChI=1S/C38H24N2S/c1-23-21-22-31-29-16-7-9-20-34(29)41-37(31)35(23)38-39-32-18-10-17-30-27-14-5-3-12-25(27)24-11-2-4-13-26(24)28-15-6-8-19-33(28)40(38)36(30)32/h2-22H,1H3. The molecule has 6 aromatic carbocycles. The minimum atomic E-state index is 0.992. The second-order valence-electron chi connectivity index (χ2n) is 10.8. The summed E-state index contributed by atoms with van der Waals surface area (Å²) in [6.07, 6.45) is 0. The van der Waals surface area contributed by atoms with E-state index < -0.39 is 0 Å². The van der Waals surface area contributed by atoms with E-state index in [1.807, 2.05) is 11.3 Å². The number of thiophene rings is 1. The number of nitrogens with zero attached hydrogens (tertiary/aromatic N) is 2. The maximum atomic E-state index is 5.45. The molecule has 0 saturated carbocycles. The number of imidazole rings is 1. The van der Waals surface area contributed by atoms with Crippen LogP contribution in [0.3, 0.4) is 0 Å². The Labute approximate surface area is 240 Å². The fraction of sp³-hybridized carbons (Fsp3) is 0.0263. The van der Waals surface area contributed by atoms with E-state index in [1.54, 1.807) is 0 Å².